The van der Waals surface area contributed by atoms with Crippen LogP contribution in [0.3, 0.4) is 0 Å². The maximum Gasteiger partial charge on any atom is 0.434 e. The zero-order chi connectivity index (χ0) is 17.9. The van der Waals surface area contributed by atoms with E-state index < -0.39 is 11.6 Å². The molecular formula is C16H21N3O5. The van der Waals surface area contributed by atoms with Gasteiger partial charge in [-0.3, -0.25) is 9.69 Å². The molecular weight excluding hydrogens is 314 g/mol. The molecule has 1 fully saturated rings. The van der Waals surface area contributed by atoms with Gasteiger partial charge in [0.1, 0.15) is 11.5 Å². The molecule has 2 amide bonds. The third-order valence-electron chi connectivity index (χ3n) is 3.62. The standard InChI is InChI=1S/C16H21N3O5/c1-16(2)8-13(20)19(14(18-16)17-15(21)22)9-10-5-6-11(23-3)7-12(10)24-4/h5-7H,8-9H2,1-4H3,(H,17,18)(H,21,22). The largest absolute Gasteiger partial charge is 0.497 e. The van der Waals surface area contributed by atoms with Gasteiger partial charge in [0.15, 0.2) is 0 Å². The fraction of sp³-hybridized carbons (Fsp3) is 0.438. The number of amides is 2. The van der Waals surface area contributed by atoms with Crippen molar-refractivity contribution in [3.63, 3.8) is 0 Å². The van der Waals surface area contributed by atoms with Gasteiger partial charge in [0.05, 0.1) is 20.8 Å². The van der Waals surface area contributed by atoms with Crippen LogP contribution >= 0.6 is 0 Å². The number of carboxylic acid groups (broad SMARTS) is 1. The Morgan fingerprint density at radius 3 is 2.67 bits per heavy atom. The first-order chi connectivity index (χ1) is 11.3. The smallest absolute Gasteiger partial charge is 0.434 e. The van der Waals surface area contributed by atoms with Crippen LogP contribution in [0.1, 0.15) is 25.8 Å². The number of carbonyl (C=O) groups excluding carboxylic acids is 1. The molecule has 0 bridgehead atoms. The molecule has 24 heavy (non-hydrogen) atoms. The summed E-state index contributed by atoms with van der Waals surface area (Å²) in [6.07, 6.45) is -1.14. The fourth-order valence-corrected chi connectivity index (χ4v) is 2.50. The van der Waals surface area contributed by atoms with Crippen molar-refractivity contribution in [3.8, 4) is 11.5 Å². The highest BCUT2D eigenvalue weighted by Crippen LogP contribution is 2.27. The van der Waals surface area contributed by atoms with Gasteiger partial charge >= 0.3 is 6.09 Å². The minimum absolute atomic E-state index is 0.0154. The highest BCUT2D eigenvalue weighted by Gasteiger charge is 2.36. The molecule has 1 saturated heterocycles. The topological polar surface area (TPSA) is 100 Å². The number of nitrogens with one attached hydrogen (secondary N) is 1. The monoisotopic (exact) mass is 335 g/mol. The van der Waals surface area contributed by atoms with Gasteiger partial charge < -0.3 is 19.9 Å². The first-order valence-electron chi connectivity index (χ1n) is 7.37. The first-order valence-corrected chi connectivity index (χ1v) is 7.37. The lowest BCUT2D eigenvalue weighted by Crippen LogP contribution is -2.60. The van der Waals surface area contributed by atoms with E-state index in [1.165, 1.54) is 12.0 Å². The van der Waals surface area contributed by atoms with Crippen LogP contribution in [-0.4, -0.2) is 47.7 Å². The summed E-state index contributed by atoms with van der Waals surface area (Å²) in [5, 5.41) is 12.0. The maximum absolute atomic E-state index is 12.5. The molecule has 0 atom stereocenters. The number of nitrogens with zero attached hydrogens (tertiary/aromatic N) is 2. The minimum Gasteiger partial charge on any atom is -0.497 e. The first kappa shape index (κ1) is 17.6. The molecule has 130 valence electrons. The van der Waals surface area contributed by atoms with Gasteiger partial charge in [-0.05, 0) is 26.0 Å². The number of rotatable bonds is 4. The number of hydrogen-bond acceptors (Lipinski definition) is 4. The summed E-state index contributed by atoms with van der Waals surface area (Å²) in [7, 11) is 3.07. The van der Waals surface area contributed by atoms with E-state index in [-0.39, 0.29) is 24.8 Å². The van der Waals surface area contributed by atoms with E-state index in [0.717, 1.165) is 0 Å². The van der Waals surface area contributed by atoms with E-state index in [1.54, 1.807) is 25.3 Å². The molecule has 0 spiro atoms. The van der Waals surface area contributed by atoms with Gasteiger partial charge in [0.2, 0.25) is 11.9 Å². The molecule has 0 aromatic heterocycles. The summed E-state index contributed by atoms with van der Waals surface area (Å²) < 4.78 is 10.5. The van der Waals surface area contributed by atoms with E-state index in [2.05, 4.69) is 10.3 Å². The average molecular weight is 335 g/mol. The summed E-state index contributed by atoms with van der Waals surface area (Å²) in [5.41, 5.74) is 0.150. The molecule has 0 aliphatic carbocycles. The highest BCUT2D eigenvalue weighted by molar-refractivity contribution is 6.03. The van der Waals surface area contributed by atoms with Crippen LogP contribution in [0.15, 0.2) is 23.2 Å². The molecule has 1 aliphatic rings. The summed E-state index contributed by atoms with van der Waals surface area (Å²) in [6.45, 7) is 3.77. The molecule has 1 heterocycles. The Balaban J connectivity index is 2.35. The second kappa shape index (κ2) is 6.77. The van der Waals surface area contributed by atoms with Crippen molar-refractivity contribution >= 4 is 18.0 Å². The van der Waals surface area contributed by atoms with Crippen molar-refractivity contribution in [2.24, 2.45) is 4.99 Å². The van der Waals surface area contributed by atoms with Gasteiger partial charge in [0.25, 0.3) is 0 Å². The third-order valence-corrected chi connectivity index (χ3v) is 3.62. The van der Waals surface area contributed by atoms with Crippen molar-refractivity contribution < 1.29 is 24.2 Å². The molecule has 1 aromatic rings. The maximum atomic E-state index is 12.5. The van der Waals surface area contributed by atoms with Crippen LogP contribution in [0.25, 0.3) is 0 Å². The van der Waals surface area contributed by atoms with E-state index >= 15 is 0 Å². The van der Waals surface area contributed by atoms with Crippen molar-refractivity contribution in [1.29, 1.82) is 0 Å². The molecule has 2 rings (SSSR count). The fourth-order valence-electron chi connectivity index (χ4n) is 2.50. The molecule has 8 nitrogen and oxygen atoms in total. The second-order valence-electron chi connectivity index (χ2n) is 6.06. The number of benzene rings is 1. The minimum atomic E-state index is -1.37. The molecule has 0 radical (unpaired) electrons. The number of aliphatic imine (C=N–C) groups is 1. The second-order valence-corrected chi connectivity index (χ2v) is 6.06. The zero-order valence-electron chi connectivity index (χ0n) is 14.1. The normalized spacial score (nSPS) is 18.2. The summed E-state index contributed by atoms with van der Waals surface area (Å²) in [4.78, 5) is 28.3. The van der Waals surface area contributed by atoms with Gasteiger partial charge in [-0.25, -0.2) is 4.79 Å². The van der Waals surface area contributed by atoms with Crippen LogP contribution < -0.4 is 14.8 Å². The van der Waals surface area contributed by atoms with Crippen LogP contribution in [0.4, 0.5) is 4.79 Å². The Morgan fingerprint density at radius 2 is 2.08 bits per heavy atom. The van der Waals surface area contributed by atoms with E-state index in [4.69, 9.17) is 14.6 Å². The SMILES string of the molecule is COc1ccc(CN2C(=O)CC(C)(C)N/C2=N/C(=O)O)c(OC)c1. The van der Waals surface area contributed by atoms with Gasteiger partial charge in [0, 0.05) is 23.6 Å². The molecule has 0 unspecified atom stereocenters. The number of guanidine groups is 1. The lowest BCUT2D eigenvalue weighted by atomic mass is 9.97. The van der Waals surface area contributed by atoms with Crippen molar-refractivity contribution in [2.75, 3.05) is 14.2 Å². The van der Waals surface area contributed by atoms with Crippen LogP contribution in [0.5, 0.6) is 11.5 Å². The quantitative estimate of drug-likeness (QED) is 0.871. The van der Waals surface area contributed by atoms with Crippen LogP contribution in [0, 0.1) is 0 Å². The number of carbonyl (C=O) groups is 2. The predicted molar refractivity (Wildman–Crippen MR) is 87.4 cm³/mol. The number of ether oxygens (including phenoxy) is 2. The molecule has 1 aromatic carbocycles. The lowest BCUT2D eigenvalue weighted by Gasteiger charge is -2.38. The Bertz CT molecular complexity index is 684. The van der Waals surface area contributed by atoms with Gasteiger partial charge in [-0.1, -0.05) is 0 Å². The van der Waals surface area contributed by atoms with Crippen LogP contribution in [0.2, 0.25) is 0 Å². The molecule has 2 N–H and O–H groups in total. The van der Waals surface area contributed by atoms with Crippen molar-refractivity contribution in [1.82, 2.24) is 10.2 Å². The Kier molecular flexibility index (Phi) is 4.96. The Morgan fingerprint density at radius 1 is 1.38 bits per heavy atom. The van der Waals surface area contributed by atoms with Gasteiger partial charge in [-0.15, -0.1) is 4.99 Å². The Hall–Kier alpha value is -2.77. The van der Waals surface area contributed by atoms with Crippen molar-refractivity contribution in [2.45, 2.75) is 32.4 Å². The number of hydrogen-bond donors (Lipinski definition) is 2. The lowest BCUT2D eigenvalue weighted by molar-refractivity contribution is -0.130. The Labute approximate surface area is 140 Å². The average Bonchev–Trinajstić information content (AvgIpc) is 2.49. The van der Waals surface area contributed by atoms with Crippen LogP contribution in [-0.2, 0) is 11.3 Å². The third kappa shape index (κ3) is 3.95. The van der Waals surface area contributed by atoms with E-state index in [9.17, 15) is 9.59 Å². The summed E-state index contributed by atoms with van der Waals surface area (Å²) in [6, 6.07) is 5.22. The summed E-state index contributed by atoms with van der Waals surface area (Å²) >= 11 is 0. The summed E-state index contributed by atoms with van der Waals surface area (Å²) in [5.74, 6) is 0.971. The molecule has 1 aliphatic heterocycles. The molecule has 8 heteroatoms. The van der Waals surface area contributed by atoms with Gasteiger partial charge in [-0.2, -0.15) is 0 Å². The van der Waals surface area contributed by atoms with E-state index in [1.807, 2.05) is 13.8 Å². The highest BCUT2D eigenvalue weighted by atomic mass is 16.5. The zero-order valence-corrected chi connectivity index (χ0v) is 14.1. The predicted octanol–water partition coefficient (Wildman–Crippen LogP) is 1.84. The van der Waals surface area contributed by atoms with E-state index in [0.29, 0.717) is 17.1 Å². The molecule has 0 saturated carbocycles. The number of methoxy groups -OCH3 is 2. The van der Waals surface area contributed by atoms with Crippen molar-refractivity contribution in [3.05, 3.63) is 23.8 Å².